The van der Waals surface area contributed by atoms with E-state index < -0.39 is 16.1 Å². The molecule has 6 heteroatoms. The van der Waals surface area contributed by atoms with Crippen LogP contribution in [0.4, 0.5) is 0 Å². The molecule has 0 amide bonds. The van der Waals surface area contributed by atoms with Crippen LogP contribution in [0.2, 0.25) is 0 Å². The molecule has 0 bridgehead atoms. The van der Waals surface area contributed by atoms with E-state index in [1.807, 2.05) is 37.3 Å². The summed E-state index contributed by atoms with van der Waals surface area (Å²) in [4.78, 5) is 0.253. The summed E-state index contributed by atoms with van der Waals surface area (Å²) in [5.41, 5.74) is 3.04. The maximum absolute atomic E-state index is 13.0. The second-order valence-corrected chi connectivity index (χ2v) is 8.28. The highest BCUT2D eigenvalue weighted by molar-refractivity contribution is 7.89. The maximum Gasteiger partial charge on any atom is 0.243 e. The molecular weight excluding hydrogens is 350 g/mol. The van der Waals surface area contributed by atoms with Gasteiger partial charge in [-0.1, -0.05) is 35.9 Å². The van der Waals surface area contributed by atoms with Gasteiger partial charge in [-0.2, -0.15) is 4.31 Å². The summed E-state index contributed by atoms with van der Waals surface area (Å²) in [7, 11) is -2.03. The van der Waals surface area contributed by atoms with E-state index in [0.29, 0.717) is 6.42 Å². The Kier molecular flexibility index (Phi) is 5.46. The second-order valence-electron chi connectivity index (χ2n) is 6.39. The molecular formula is C20H23NO4S. The summed E-state index contributed by atoms with van der Waals surface area (Å²) in [6.07, 6.45) is 2.38. The van der Waals surface area contributed by atoms with Crippen molar-refractivity contribution < 1.29 is 18.3 Å². The van der Waals surface area contributed by atoms with Crippen LogP contribution in [0, 0.1) is 6.92 Å². The molecule has 0 fully saturated rings. The lowest BCUT2D eigenvalue weighted by molar-refractivity contribution is 0.193. The summed E-state index contributed by atoms with van der Waals surface area (Å²) in [5, 5.41) is 9.81. The van der Waals surface area contributed by atoms with Gasteiger partial charge in [0.25, 0.3) is 0 Å². The summed E-state index contributed by atoms with van der Waals surface area (Å²) in [6.45, 7) is 1.93. The number of sulfonamides is 1. The number of aliphatic hydroxyl groups is 1. The topological polar surface area (TPSA) is 66.8 Å². The van der Waals surface area contributed by atoms with E-state index in [1.54, 1.807) is 31.4 Å². The lowest BCUT2D eigenvalue weighted by Crippen LogP contribution is -2.44. The zero-order valence-corrected chi connectivity index (χ0v) is 15.7. The quantitative estimate of drug-likeness (QED) is 0.875. The number of hydrogen-bond acceptors (Lipinski definition) is 4. The number of methoxy groups -OCH3 is 1. The molecule has 1 aliphatic rings. The van der Waals surface area contributed by atoms with Gasteiger partial charge in [-0.25, -0.2) is 8.42 Å². The summed E-state index contributed by atoms with van der Waals surface area (Å²) >= 11 is 0. The molecule has 3 rings (SSSR count). The van der Waals surface area contributed by atoms with Crippen LogP contribution in [0.1, 0.15) is 17.5 Å². The van der Waals surface area contributed by atoms with Crippen molar-refractivity contribution in [3.05, 3.63) is 65.7 Å². The molecule has 1 N–H and O–H groups in total. The number of aryl methyl sites for hydroxylation is 1. The first-order valence-electron chi connectivity index (χ1n) is 8.48. The first-order chi connectivity index (χ1) is 12.5. The van der Waals surface area contributed by atoms with E-state index in [4.69, 9.17) is 4.74 Å². The first kappa shape index (κ1) is 18.6. The van der Waals surface area contributed by atoms with Crippen LogP contribution in [-0.2, 0) is 10.0 Å². The van der Waals surface area contributed by atoms with E-state index in [0.717, 1.165) is 22.4 Å². The zero-order valence-electron chi connectivity index (χ0n) is 14.9. The van der Waals surface area contributed by atoms with Crippen LogP contribution in [0.3, 0.4) is 0 Å². The molecule has 138 valence electrons. The number of benzene rings is 2. The first-order valence-corrected chi connectivity index (χ1v) is 9.92. The van der Waals surface area contributed by atoms with Crippen molar-refractivity contribution >= 4 is 15.6 Å². The van der Waals surface area contributed by atoms with Gasteiger partial charge in [-0.15, -0.1) is 0 Å². The number of rotatable bonds is 5. The average Bonchev–Trinajstić information content (AvgIpc) is 2.68. The number of aliphatic hydroxyl groups excluding tert-OH is 1. The number of ether oxygens (including phenoxy) is 1. The fourth-order valence-corrected chi connectivity index (χ4v) is 4.68. The molecule has 1 unspecified atom stereocenters. The molecule has 2 aromatic carbocycles. The Morgan fingerprint density at radius 1 is 1.12 bits per heavy atom. The van der Waals surface area contributed by atoms with Crippen molar-refractivity contribution in [2.75, 3.05) is 20.3 Å². The van der Waals surface area contributed by atoms with Gasteiger partial charge in [0, 0.05) is 6.54 Å². The smallest absolute Gasteiger partial charge is 0.243 e. The molecule has 0 aromatic heterocycles. The Bertz CT molecular complexity index is 886. The molecule has 0 spiro atoms. The van der Waals surface area contributed by atoms with Gasteiger partial charge in [0.1, 0.15) is 5.75 Å². The lowest BCUT2D eigenvalue weighted by Gasteiger charge is -2.33. The lowest BCUT2D eigenvalue weighted by atomic mass is 9.96. The van der Waals surface area contributed by atoms with Gasteiger partial charge in [0.05, 0.1) is 24.7 Å². The van der Waals surface area contributed by atoms with Crippen LogP contribution < -0.4 is 4.74 Å². The second kappa shape index (κ2) is 7.61. The highest BCUT2D eigenvalue weighted by Crippen LogP contribution is 2.31. The van der Waals surface area contributed by atoms with Crippen molar-refractivity contribution in [2.45, 2.75) is 24.3 Å². The predicted molar refractivity (Wildman–Crippen MR) is 102 cm³/mol. The summed E-state index contributed by atoms with van der Waals surface area (Å²) < 4.78 is 32.5. The Morgan fingerprint density at radius 3 is 2.35 bits per heavy atom. The SMILES string of the molecule is COc1ccc(C2=CCN(S(=O)(=O)c3ccc(C)cc3)C(CO)C2)cc1. The van der Waals surface area contributed by atoms with E-state index in [9.17, 15) is 13.5 Å². The molecule has 26 heavy (non-hydrogen) atoms. The standard InChI is InChI=1S/C20H23NO4S/c1-15-3-9-20(10-4-15)26(23,24)21-12-11-17(13-18(21)14-22)16-5-7-19(25-2)8-6-16/h3-11,18,22H,12-14H2,1-2H3. The van der Waals surface area contributed by atoms with Gasteiger partial charge < -0.3 is 9.84 Å². The van der Waals surface area contributed by atoms with Gasteiger partial charge in [-0.3, -0.25) is 0 Å². The molecule has 5 nitrogen and oxygen atoms in total. The Labute approximate surface area is 154 Å². The van der Waals surface area contributed by atoms with Crippen molar-refractivity contribution in [2.24, 2.45) is 0 Å². The molecule has 1 aliphatic heterocycles. The molecule has 0 aliphatic carbocycles. The van der Waals surface area contributed by atoms with Crippen molar-refractivity contribution in [1.82, 2.24) is 4.31 Å². The fourth-order valence-electron chi connectivity index (χ4n) is 3.12. The zero-order chi connectivity index (χ0) is 18.7. The van der Waals surface area contributed by atoms with E-state index >= 15 is 0 Å². The monoisotopic (exact) mass is 373 g/mol. The normalized spacial score (nSPS) is 18.4. The fraction of sp³-hybridized carbons (Fsp3) is 0.300. The van der Waals surface area contributed by atoms with Crippen LogP contribution >= 0.6 is 0 Å². The minimum atomic E-state index is -3.65. The summed E-state index contributed by atoms with van der Waals surface area (Å²) in [5.74, 6) is 0.771. The largest absolute Gasteiger partial charge is 0.497 e. The molecule has 1 atom stereocenters. The van der Waals surface area contributed by atoms with Gasteiger partial charge >= 0.3 is 0 Å². The third-order valence-corrected chi connectivity index (χ3v) is 6.61. The minimum Gasteiger partial charge on any atom is -0.497 e. The minimum absolute atomic E-state index is 0.224. The number of hydrogen-bond donors (Lipinski definition) is 1. The number of nitrogens with zero attached hydrogens (tertiary/aromatic N) is 1. The molecule has 2 aromatic rings. The molecule has 0 saturated heterocycles. The van der Waals surface area contributed by atoms with Gasteiger partial charge in [-0.05, 0) is 48.7 Å². The predicted octanol–water partition coefficient (Wildman–Crippen LogP) is 2.84. The molecule has 0 radical (unpaired) electrons. The Balaban J connectivity index is 1.88. The van der Waals surface area contributed by atoms with E-state index in [1.165, 1.54) is 4.31 Å². The highest BCUT2D eigenvalue weighted by Gasteiger charge is 2.33. The third-order valence-electron chi connectivity index (χ3n) is 4.68. The summed E-state index contributed by atoms with van der Waals surface area (Å²) in [6, 6.07) is 13.9. The van der Waals surface area contributed by atoms with E-state index in [-0.39, 0.29) is 18.0 Å². The average molecular weight is 373 g/mol. The Hall–Kier alpha value is -2.15. The van der Waals surface area contributed by atoms with Gasteiger partial charge in [0.2, 0.25) is 10.0 Å². The third kappa shape index (κ3) is 3.67. The van der Waals surface area contributed by atoms with Crippen molar-refractivity contribution in [3.63, 3.8) is 0 Å². The van der Waals surface area contributed by atoms with Crippen molar-refractivity contribution in [1.29, 1.82) is 0 Å². The van der Waals surface area contributed by atoms with Crippen LogP contribution in [-0.4, -0.2) is 44.1 Å². The van der Waals surface area contributed by atoms with Crippen LogP contribution in [0.5, 0.6) is 5.75 Å². The molecule has 1 heterocycles. The Morgan fingerprint density at radius 2 is 1.77 bits per heavy atom. The van der Waals surface area contributed by atoms with Crippen LogP contribution in [0.15, 0.2) is 59.5 Å². The highest BCUT2D eigenvalue weighted by atomic mass is 32.2. The maximum atomic E-state index is 13.0. The van der Waals surface area contributed by atoms with Gasteiger partial charge in [0.15, 0.2) is 0 Å². The molecule has 0 saturated carbocycles. The van der Waals surface area contributed by atoms with Crippen LogP contribution in [0.25, 0.3) is 5.57 Å². The van der Waals surface area contributed by atoms with E-state index in [2.05, 4.69) is 0 Å². The van der Waals surface area contributed by atoms with Crippen molar-refractivity contribution in [3.8, 4) is 5.75 Å².